The van der Waals surface area contributed by atoms with Crippen LogP contribution in [0.5, 0.6) is 0 Å². The van der Waals surface area contributed by atoms with Gasteiger partial charge in [-0.3, -0.25) is 4.21 Å². The van der Waals surface area contributed by atoms with Gasteiger partial charge in [-0.2, -0.15) is 0 Å². The third kappa shape index (κ3) is 9.92. The number of nitrogens with zero attached hydrogens (tertiary/aromatic N) is 4. The molecule has 6 aliphatic heterocycles. The Kier molecular flexibility index (Phi) is 16.5. The van der Waals surface area contributed by atoms with Crippen molar-refractivity contribution in [2.45, 2.75) is 41.2 Å². The smallest absolute Gasteiger partial charge is 0.0742 e. The second-order valence-corrected chi connectivity index (χ2v) is 38.7. The lowest BCUT2D eigenvalue weighted by atomic mass is 9.62. The van der Waals surface area contributed by atoms with Crippen LogP contribution in [0.15, 0.2) is 529 Å². The lowest BCUT2D eigenvalue weighted by Gasteiger charge is -2.47. The van der Waals surface area contributed by atoms with Crippen molar-refractivity contribution in [1.29, 1.82) is 0 Å². The van der Waals surface area contributed by atoms with Crippen molar-refractivity contribution in [2.24, 2.45) is 0 Å². The van der Waals surface area contributed by atoms with E-state index in [4.69, 9.17) is 0 Å². The Morgan fingerprint density at radius 2 is 0.277 bits per heavy atom. The van der Waals surface area contributed by atoms with Crippen molar-refractivity contribution in [2.75, 3.05) is 19.6 Å². The normalized spacial score (nSPS) is 15.8. The van der Waals surface area contributed by atoms with Crippen molar-refractivity contribution in [1.82, 2.24) is 0 Å². The van der Waals surface area contributed by atoms with Gasteiger partial charge in [-0.05, 0) is 208 Å². The van der Waals surface area contributed by atoms with Crippen LogP contribution in [0.2, 0.25) is 0 Å². The lowest BCUT2D eigenvalue weighted by molar-refractivity contribution is 0.658. The topological polar surface area (TPSA) is 30.0 Å². The molecule has 0 bridgehead atoms. The van der Waals surface area contributed by atoms with E-state index < -0.39 is 30.7 Å². The first-order valence-electron chi connectivity index (χ1n) is 45.0. The molecule has 0 saturated carbocycles. The summed E-state index contributed by atoms with van der Waals surface area (Å²) in [5.74, 6) is 0. The second-order valence-electron chi connectivity index (χ2n) is 35.1. The van der Waals surface area contributed by atoms with E-state index in [2.05, 4.69) is 529 Å². The van der Waals surface area contributed by atoms with Gasteiger partial charge in [0.2, 0.25) is 0 Å². The number of benzene rings is 20. The molecule has 0 radical (unpaired) electrons. The molecular weight excluding hydrogens is 1590 g/mol. The summed E-state index contributed by atoms with van der Waals surface area (Å²) in [6.45, 7) is 0. The highest BCUT2D eigenvalue weighted by molar-refractivity contribution is 8.21. The van der Waals surface area contributed by atoms with Gasteiger partial charge in [-0.25, -0.2) is 0 Å². The summed E-state index contributed by atoms with van der Waals surface area (Å²) in [6.07, 6.45) is 0. The molecule has 6 heterocycles. The van der Waals surface area contributed by atoms with Crippen LogP contribution in [0.4, 0.5) is 68.2 Å². The summed E-state index contributed by atoms with van der Waals surface area (Å²) >= 11 is 0. The van der Waals surface area contributed by atoms with Crippen molar-refractivity contribution in [3.8, 4) is 22.3 Å². The summed E-state index contributed by atoms with van der Waals surface area (Å²) in [7, 11) is -5.27. The van der Waals surface area contributed by atoms with Crippen LogP contribution in [0.25, 0.3) is 22.3 Å². The van der Waals surface area contributed by atoms with Crippen LogP contribution in [0, 0.1) is 0 Å². The highest BCUT2D eigenvalue weighted by Crippen LogP contribution is 2.75. The minimum Gasteiger partial charge on any atom is -0.310 e. The largest absolute Gasteiger partial charge is 0.310 e. The van der Waals surface area contributed by atoms with E-state index in [1.807, 2.05) is 0 Å². The first kappa shape index (κ1) is 75.1. The van der Waals surface area contributed by atoms with Gasteiger partial charge in [-0.1, -0.05) is 413 Å². The van der Waals surface area contributed by atoms with Gasteiger partial charge in [0.15, 0.2) is 0 Å². The molecule has 0 N–H and O–H groups in total. The van der Waals surface area contributed by atoms with Gasteiger partial charge >= 0.3 is 0 Å². The Bertz CT molecular complexity index is 6720. The predicted molar refractivity (Wildman–Crippen MR) is 531 cm³/mol. The number of rotatable bonds is 12. The number of para-hydroxylation sites is 8. The van der Waals surface area contributed by atoms with Gasteiger partial charge < -0.3 is 19.6 Å². The van der Waals surface area contributed by atoms with E-state index in [0.717, 1.165) is 199 Å². The van der Waals surface area contributed by atoms with Crippen LogP contribution >= 0.6 is 0 Å². The molecule has 6 heteroatoms. The fraction of sp³-hybridized carbons (Fsp3) is 0.0323. The van der Waals surface area contributed by atoms with E-state index >= 15 is 4.21 Å². The average Bonchev–Trinajstić information content (AvgIpc) is 1.46. The van der Waals surface area contributed by atoms with Crippen molar-refractivity contribution < 1.29 is 4.21 Å². The molecular formula is C124H84N4OS. The highest BCUT2D eigenvalue weighted by Gasteiger charge is 2.61. The molecule has 1 spiro atoms. The molecule has 0 aromatic heterocycles. The molecule has 5 nitrogen and oxygen atoms in total. The molecule has 6 aliphatic rings. The number of hydrogen-bond acceptors (Lipinski definition) is 5. The lowest BCUT2D eigenvalue weighted by Crippen LogP contribution is -2.38. The zero-order chi connectivity index (χ0) is 85.9. The zero-order valence-corrected chi connectivity index (χ0v) is 71.9. The van der Waals surface area contributed by atoms with Gasteiger partial charge in [0.25, 0.3) is 0 Å². The molecule has 0 amide bonds. The first-order chi connectivity index (χ1) is 64.4. The van der Waals surface area contributed by atoms with E-state index in [9.17, 15) is 0 Å². The maximum atomic E-state index is 22.0. The molecule has 0 aliphatic carbocycles. The summed E-state index contributed by atoms with van der Waals surface area (Å²) in [5, 5.41) is 0. The Hall–Kier alpha value is -16.3. The van der Waals surface area contributed by atoms with Crippen LogP contribution in [-0.4, -0.2) is 4.21 Å². The molecule has 0 fully saturated rings. The SMILES string of the molecule is O=S12(c3cc(N4c5ccccc5C(c5ccccc5)(c5ccccc5)c5ccccc54)ccc3-c3ccc(N4c5ccccc5C(c5ccccc5)(c5ccccc5)c5ccccc54)cc31)c1cc(N3c4ccccc4C(c4ccccc4)(c4ccccc4)c4ccccc43)ccc1-c1ccc(N3c4ccccc4C(c4ccccc4)(c4ccccc4)c4ccccc43)cc12. The van der Waals surface area contributed by atoms with Crippen molar-refractivity contribution >= 4 is 77.3 Å². The number of fused-ring (bicyclic) bond motifs is 18. The Morgan fingerprint density at radius 1 is 0.146 bits per heavy atom. The van der Waals surface area contributed by atoms with Crippen molar-refractivity contribution in [3.63, 3.8) is 0 Å². The van der Waals surface area contributed by atoms with Crippen LogP contribution in [0.3, 0.4) is 0 Å². The maximum absolute atomic E-state index is 22.0. The van der Waals surface area contributed by atoms with Gasteiger partial charge in [0.05, 0.1) is 67.2 Å². The van der Waals surface area contributed by atoms with Gasteiger partial charge in [0, 0.05) is 51.4 Å². The summed E-state index contributed by atoms with van der Waals surface area (Å²) in [5.41, 5.74) is 30.6. The number of anilines is 12. The fourth-order valence-corrected chi connectivity index (χ4v) is 29.4. The van der Waals surface area contributed by atoms with E-state index in [-0.39, 0.29) is 0 Å². The molecule has 612 valence electrons. The molecule has 26 rings (SSSR count). The quantitative estimate of drug-likeness (QED) is 0.122. The van der Waals surface area contributed by atoms with E-state index in [0.29, 0.717) is 0 Å². The second kappa shape index (κ2) is 28.6. The monoisotopic (exact) mass is 1680 g/mol. The van der Waals surface area contributed by atoms with Gasteiger partial charge in [0.1, 0.15) is 0 Å². The minimum atomic E-state index is -5.27. The maximum Gasteiger partial charge on any atom is 0.0742 e. The summed E-state index contributed by atoms with van der Waals surface area (Å²) in [4.78, 5) is 12.8. The fourth-order valence-electron chi connectivity index (χ4n) is 24.2. The Morgan fingerprint density at radius 3 is 0.423 bits per heavy atom. The average molecular weight is 1680 g/mol. The zero-order valence-electron chi connectivity index (χ0n) is 71.1. The minimum absolute atomic E-state index is 0.735. The Balaban J connectivity index is 0.785. The standard InChI is InChI=1S/C124H84N4OS/c129-130(117-81-93(125-109-65-33-25-57-101(109)121(85-41-9-1-10-42-85,86-43-11-2-12-44-86)102-58-26-34-66-110(102)125)73-77-97(117)98-78-74-94(82-118(98)130)126-111-67-35-27-59-103(111)122(87-45-13-3-14-46-87,88-47-15-4-16-48-88)104-60-28-36-68-112(104)126)119-83-95(127-113-69-37-29-61-105(113)123(89-49-17-5-18-50-89,90-51-19-6-20-52-90)106-62-30-38-70-114(106)127)75-79-99(119)100-80-76-96(84-120(100)130)128-115-71-39-31-63-107(115)124(91-53-21-7-22-54-91,92-55-23-8-24-56-92)108-64-32-40-72-116(108)128/h1-84H. The molecule has 20 aromatic rings. The molecule has 0 unspecified atom stereocenters. The molecule has 130 heavy (non-hydrogen) atoms. The highest BCUT2D eigenvalue weighted by atomic mass is 32.3. The third-order valence-electron chi connectivity index (χ3n) is 29.2. The summed E-state index contributed by atoms with van der Waals surface area (Å²) < 4.78 is 22.0. The van der Waals surface area contributed by atoms with Crippen molar-refractivity contribution in [3.05, 3.63) is 599 Å². The predicted octanol–water partition coefficient (Wildman–Crippen LogP) is 30.7. The number of hydrogen-bond donors (Lipinski definition) is 0. The Labute approximate surface area is 757 Å². The van der Waals surface area contributed by atoms with Gasteiger partial charge in [-0.15, -0.1) is 0 Å². The van der Waals surface area contributed by atoms with Crippen LogP contribution < -0.4 is 19.6 Å². The molecule has 20 aromatic carbocycles. The first-order valence-corrected chi connectivity index (χ1v) is 47.0. The summed E-state index contributed by atoms with van der Waals surface area (Å²) in [6, 6.07) is 189. The van der Waals surface area contributed by atoms with Crippen LogP contribution in [0.1, 0.15) is 89.0 Å². The van der Waals surface area contributed by atoms with Crippen LogP contribution in [-0.2, 0) is 30.7 Å². The molecule has 0 saturated heterocycles. The third-order valence-corrected chi connectivity index (χ3v) is 33.9. The molecule has 0 atom stereocenters. The van der Waals surface area contributed by atoms with E-state index in [1.54, 1.807) is 0 Å². The van der Waals surface area contributed by atoms with E-state index in [1.165, 1.54) is 0 Å².